The number of benzene rings is 1. The van der Waals surface area contributed by atoms with Crippen LogP contribution in [0, 0.1) is 17.8 Å². The molecule has 6 rings (SSSR count). The molecule has 2 N–H and O–H groups in total. The van der Waals surface area contributed by atoms with Crippen LogP contribution in [0.4, 0.5) is 14.7 Å². The monoisotopic (exact) mass is 591 g/mol. The molecule has 0 saturated carbocycles. The lowest BCUT2D eigenvalue weighted by Gasteiger charge is -2.32. The van der Waals surface area contributed by atoms with Gasteiger partial charge >= 0.3 is 6.29 Å². The number of ether oxygens (including phenoxy) is 2. The first-order valence-electron chi connectivity index (χ1n) is 13.6. The highest BCUT2D eigenvalue weighted by atomic mass is 35.5. The quantitative estimate of drug-likeness (QED) is 0.365. The maximum Gasteiger partial charge on any atom is 0.586 e. The summed E-state index contributed by atoms with van der Waals surface area (Å²) in [6.45, 7) is 10.7. The second-order valence-corrected chi connectivity index (χ2v) is 12.6. The number of aryl methyl sites for hydroxylation is 1. The standard InChI is InChI=1S/C27H32ClF2N7O2S/c1-13(17-6-5-11-36(12-14(17)2)25-21(28)15(3)16(4)40-35-25)7-10-20-32-24-18-8-9-19-23(39-27(29,30)38-19)22(18)33-26(31)37(24)34-20/h8-9,13-14,16-17H,5-7,10-12H2,1-4H3,(H2,31,33). The number of nitrogens with two attached hydrogens (primary N) is 1. The minimum atomic E-state index is -3.75. The molecule has 4 atom stereocenters. The molecule has 40 heavy (non-hydrogen) atoms. The summed E-state index contributed by atoms with van der Waals surface area (Å²) in [4.78, 5) is 11.3. The normalized spacial score (nSPS) is 25.4. The van der Waals surface area contributed by atoms with Gasteiger partial charge in [0.05, 0.1) is 5.03 Å². The number of hydrogen-bond acceptors (Lipinski definition) is 9. The molecular weight excluding hydrogens is 560 g/mol. The second-order valence-electron chi connectivity index (χ2n) is 11.1. The lowest BCUT2D eigenvalue weighted by molar-refractivity contribution is -0.286. The Bertz CT molecular complexity index is 1540. The summed E-state index contributed by atoms with van der Waals surface area (Å²) in [5, 5.41) is 6.20. The highest BCUT2D eigenvalue weighted by molar-refractivity contribution is 7.99. The summed E-state index contributed by atoms with van der Waals surface area (Å²) < 4.78 is 42.8. The molecule has 0 bridgehead atoms. The number of alkyl halides is 2. The van der Waals surface area contributed by atoms with E-state index in [-0.39, 0.29) is 23.0 Å². The number of amidine groups is 1. The Labute approximate surface area is 240 Å². The third-order valence-corrected chi connectivity index (χ3v) is 9.80. The Morgan fingerprint density at radius 3 is 2.85 bits per heavy atom. The van der Waals surface area contributed by atoms with E-state index in [1.54, 1.807) is 18.0 Å². The fourth-order valence-corrected chi connectivity index (χ4v) is 7.21. The molecule has 0 spiro atoms. The van der Waals surface area contributed by atoms with Crippen molar-refractivity contribution < 1.29 is 18.3 Å². The molecule has 0 amide bonds. The van der Waals surface area contributed by atoms with Gasteiger partial charge < -0.3 is 20.1 Å². The van der Waals surface area contributed by atoms with Crippen LogP contribution in [0.1, 0.15) is 52.8 Å². The van der Waals surface area contributed by atoms with Crippen molar-refractivity contribution in [1.82, 2.24) is 24.5 Å². The van der Waals surface area contributed by atoms with Crippen LogP contribution < -0.4 is 15.2 Å². The molecule has 3 aliphatic heterocycles. The summed E-state index contributed by atoms with van der Waals surface area (Å²) in [5.41, 5.74) is 7.95. The Balaban J connectivity index is 1.17. The predicted octanol–water partition coefficient (Wildman–Crippen LogP) is 6.06. The number of anilines is 1. The minimum absolute atomic E-state index is 0.0418. The number of rotatable bonds is 4. The molecule has 0 aliphatic carbocycles. The van der Waals surface area contributed by atoms with Gasteiger partial charge in [0.1, 0.15) is 5.52 Å². The SMILES string of the molecule is CC1=C(Cl)C(N2CCCC(C(C)CCc3nc4c5ccc6c(c5nc(N)n4n3)OC(F)(F)O6)C(C)C2)=NSC1C. The van der Waals surface area contributed by atoms with Crippen molar-refractivity contribution in [2.24, 2.45) is 22.2 Å². The Hall–Kier alpha value is -2.86. The van der Waals surface area contributed by atoms with Crippen molar-refractivity contribution in [2.45, 2.75) is 64.9 Å². The summed E-state index contributed by atoms with van der Waals surface area (Å²) in [7, 11) is 0. The van der Waals surface area contributed by atoms with Crippen LogP contribution in [0.3, 0.4) is 0 Å². The second kappa shape index (κ2) is 10.2. The van der Waals surface area contributed by atoms with E-state index in [0.29, 0.717) is 46.3 Å². The molecule has 1 saturated heterocycles. The fourth-order valence-electron chi connectivity index (χ4n) is 6.03. The van der Waals surface area contributed by atoms with Crippen molar-refractivity contribution in [1.29, 1.82) is 0 Å². The summed E-state index contributed by atoms with van der Waals surface area (Å²) in [6, 6.07) is 3.05. The third-order valence-electron chi connectivity index (χ3n) is 8.39. The molecule has 9 nitrogen and oxygen atoms in total. The predicted molar refractivity (Wildman–Crippen MR) is 153 cm³/mol. The number of likely N-dealkylation sites (tertiary alicyclic amines) is 1. The van der Waals surface area contributed by atoms with Crippen molar-refractivity contribution in [3.05, 3.63) is 28.6 Å². The van der Waals surface area contributed by atoms with E-state index in [9.17, 15) is 8.78 Å². The topological polar surface area (TPSA) is 103 Å². The van der Waals surface area contributed by atoms with Crippen molar-refractivity contribution in [2.75, 3.05) is 18.8 Å². The summed E-state index contributed by atoms with van der Waals surface area (Å²) in [6.07, 6.45) is 0.0351. The van der Waals surface area contributed by atoms with Crippen LogP contribution in [0.2, 0.25) is 0 Å². The lowest BCUT2D eigenvalue weighted by Crippen LogP contribution is -2.37. The van der Waals surface area contributed by atoms with Gasteiger partial charge in [0.2, 0.25) is 5.95 Å². The van der Waals surface area contributed by atoms with Gasteiger partial charge in [-0.25, -0.2) is 9.97 Å². The molecule has 4 unspecified atom stereocenters. The average Bonchev–Trinajstić information content (AvgIpc) is 3.42. The molecule has 1 fully saturated rings. The van der Waals surface area contributed by atoms with Gasteiger partial charge in [-0.05, 0) is 80.5 Å². The average molecular weight is 592 g/mol. The van der Waals surface area contributed by atoms with Crippen molar-refractivity contribution in [3.8, 4) is 11.5 Å². The van der Waals surface area contributed by atoms with E-state index >= 15 is 0 Å². The molecule has 1 aromatic carbocycles. The first kappa shape index (κ1) is 27.3. The Morgan fingerprint density at radius 2 is 2.05 bits per heavy atom. The maximum atomic E-state index is 13.7. The third kappa shape index (κ3) is 4.82. The largest absolute Gasteiger partial charge is 0.586 e. The highest BCUT2D eigenvalue weighted by Crippen LogP contribution is 2.45. The number of fused-ring (bicyclic) bond motifs is 5. The van der Waals surface area contributed by atoms with Crippen LogP contribution in [0.5, 0.6) is 11.5 Å². The highest BCUT2D eigenvalue weighted by Gasteiger charge is 2.45. The zero-order valence-electron chi connectivity index (χ0n) is 22.8. The summed E-state index contributed by atoms with van der Waals surface area (Å²) in [5.74, 6) is 2.81. The zero-order valence-corrected chi connectivity index (χ0v) is 24.4. The van der Waals surface area contributed by atoms with Crippen LogP contribution in [0.15, 0.2) is 27.1 Å². The molecule has 0 radical (unpaired) electrons. The van der Waals surface area contributed by atoms with E-state index < -0.39 is 6.29 Å². The Kier molecular flexibility index (Phi) is 6.97. The van der Waals surface area contributed by atoms with Crippen molar-refractivity contribution >= 4 is 51.9 Å². The van der Waals surface area contributed by atoms with Crippen LogP contribution in [-0.4, -0.2) is 55.0 Å². The molecule has 13 heteroatoms. The first-order chi connectivity index (χ1) is 19.0. The van der Waals surface area contributed by atoms with Crippen LogP contribution >= 0.6 is 23.5 Å². The number of nitrogen functional groups attached to an aromatic ring is 1. The van der Waals surface area contributed by atoms with Crippen LogP contribution in [0.25, 0.3) is 16.6 Å². The van der Waals surface area contributed by atoms with Gasteiger partial charge in [-0.1, -0.05) is 25.4 Å². The number of aromatic nitrogens is 4. The number of hydrogen-bond donors (Lipinski definition) is 1. The van der Waals surface area contributed by atoms with E-state index in [1.165, 1.54) is 16.2 Å². The van der Waals surface area contributed by atoms with E-state index in [2.05, 4.69) is 47.4 Å². The zero-order chi connectivity index (χ0) is 28.3. The van der Waals surface area contributed by atoms with Crippen LogP contribution in [-0.2, 0) is 6.42 Å². The molecule has 2 aromatic heterocycles. The molecule has 3 aliphatic rings. The molecule has 5 heterocycles. The van der Waals surface area contributed by atoms with Gasteiger partial charge in [0.15, 0.2) is 28.8 Å². The maximum absolute atomic E-state index is 13.7. The fraction of sp³-hybridized carbons (Fsp3) is 0.556. The Morgan fingerprint density at radius 1 is 1.25 bits per heavy atom. The van der Waals surface area contributed by atoms with Gasteiger partial charge in [-0.3, -0.25) is 0 Å². The first-order valence-corrected chi connectivity index (χ1v) is 14.8. The smallest absolute Gasteiger partial charge is 0.395 e. The van der Waals surface area contributed by atoms with E-state index in [1.807, 2.05) is 0 Å². The lowest BCUT2D eigenvalue weighted by atomic mass is 9.79. The minimum Gasteiger partial charge on any atom is -0.395 e. The van der Waals surface area contributed by atoms with E-state index in [4.69, 9.17) is 31.5 Å². The van der Waals surface area contributed by atoms with Gasteiger partial charge in [-0.15, -0.1) is 13.9 Å². The van der Waals surface area contributed by atoms with Gasteiger partial charge in [0, 0.05) is 30.1 Å². The summed E-state index contributed by atoms with van der Waals surface area (Å²) >= 11 is 8.31. The van der Waals surface area contributed by atoms with Crippen molar-refractivity contribution in [3.63, 3.8) is 0 Å². The van der Waals surface area contributed by atoms with Gasteiger partial charge in [-0.2, -0.15) is 8.91 Å². The van der Waals surface area contributed by atoms with E-state index in [0.717, 1.165) is 43.2 Å². The molecular formula is C27H32ClF2N7O2S. The number of nitrogens with zero attached hydrogens (tertiary/aromatic N) is 6. The molecule has 3 aromatic rings. The molecule has 214 valence electrons. The number of halogens is 3. The van der Waals surface area contributed by atoms with Gasteiger partial charge in [0.25, 0.3) is 0 Å².